The van der Waals surface area contributed by atoms with E-state index in [2.05, 4.69) is 10.6 Å². The predicted octanol–water partition coefficient (Wildman–Crippen LogP) is 0.354. The van der Waals surface area contributed by atoms with Crippen LogP contribution in [0, 0.1) is 0 Å². The number of likely N-dealkylation sites (N-methyl/N-ethyl adjacent to an activating group) is 1. The molecule has 0 bridgehead atoms. The second kappa shape index (κ2) is 5.70. The molecule has 0 aliphatic rings. The molecule has 0 radical (unpaired) electrons. The highest BCUT2D eigenvalue weighted by molar-refractivity contribution is 5.89. The van der Waals surface area contributed by atoms with E-state index in [9.17, 15) is 9.59 Å². The fraction of sp³-hybridized carbons (Fsp3) is 0.800. The van der Waals surface area contributed by atoms with Crippen molar-refractivity contribution in [3.05, 3.63) is 0 Å². The average molecular weight is 216 g/mol. The Labute approximate surface area is 90.2 Å². The van der Waals surface area contributed by atoms with Crippen molar-refractivity contribution in [2.75, 3.05) is 6.54 Å². The number of nitrogens with one attached hydrogen (secondary N) is 2. The quantitative estimate of drug-likeness (QED) is 0.599. The molecule has 0 aromatic rings. The summed E-state index contributed by atoms with van der Waals surface area (Å²) in [5.74, 6) is -1.29. The van der Waals surface area contributed by atoms with E-state index in [0.717, 1.165) is 0 Å². The lowest BCUT2D eigenvalue weighted by Crippen LogP contribution is -2.56. The first kappa shape index (κ1) is 13.9. The zero-order chi connectivity index (χ0) is 12.1. The molecule has 3 N–H and O–H groups in total. The van der Waals surface area contributed by atoms with Crippen molar-refractivity contribution in [3.8, 4) is 0 Å². The molecule has 88 valence electrons. The second-order valence-corrected chi connectivity index (χ2v) is 3.93. The van der Waals surface area contributed by atoms with Crippen LogP contribution in [0.15, 0.2) is 0 Å². The van der Waals surface area contributed by atoms with E-state index in [0.29, 0.717) is 13.0 Å². The minimum Gasteiger partial charge on any atom is -0.480 e. The molecule has 5 heteroatoms. The Morgan fingerprint density at radius 1 is 1.33 bits per heavy atom. The lowest BCUT2D eigenvalue weighted by molar-refractivity contribution is -0.142. The number of hydrogen-bond acceptors (Lipinski definition) is 3. The summed E-state index contributed by atoms with van der Waals surface area (Å²) in [4.78, 5) is 22.4. The summed E-state index contributed by atoms with van der Waals surface area (Å²) in [6, 6.07) is -0.810. The molecule has 0 spiro atoms. The smallest absolute Gasteiger partial charge is 0.326 e. The molecule has 1 unspecified atom stereocenters. The van der Waals surface area contributed by atoms with E-state index in [4.69, 9.17) is 5.11 Å². The third-order valence-corrected chi connectivity index (χ3v) is 2.20. The summed E-state index contributed by atoms with van der Waals surface area (Å²) in [5, 5.41) is 14.3. The van der Waals surface area contributed by atoms with Crippen molar-refractivity contribution in [2.45, 2.75) is 45.7 Å². The molecule has 0 rings (SSSR count). The molecular weight excluding hydrogens is 196 g/mol. The Kier molecular flexibility index (Phi) is 5.28. The SMILES string of the molecule is CCNC(C)(C)C(=O)NC(CC)C(=O)O. The van der Waals surface area contributed by atoms with E-state index >= 15 is 0 Å². The number of carboxylic acids is 1. The number of carbonyl (C=O) groups excluding carboxylic acids is 1. The normalized spacial score (nSPS) is 13.3. The van der Waals surface area contributed by atoms with E-state index in [1.807, 2.05) is 6.92 Å². The lowest BCUT2D eigenvalue weighted by Gasteiger charge is -2.26. The van der Waals surface area contributed by atoms with E-state index < -0.39 is 17.6 Å². The topological polar surface area (TPSA) is 78.4 Å². The van der Waals surface area contributed by atoms with Crippen LogP contribution in [0.5, 0.6) is 0 Å². The summed E-state index contributed by atoms with van der Waals surface area (Å²) >= 11 is 0. The first-order chi connectivity index (χ1) is 6.85. The molecular formula is C10H20N2O3. The molecule has 1 atom stereocenters. The number of rotatable bonds is 6. The fourth-order valence-electron chi connectivity index (χ4n) is 1.20. The minimum absolute atomic E-state index is 0.293. The van der Waals surface area contributed by atoms with Gasteiger partial charge in [0.25, 0.3) is 0 Å². The summed E-state index contributed by atoms with van der Waals surface area (Å²) in [7, 11) is 0. The monoisotopic (exact) mass is 216 g/mol. The zero-order valence-electron chi connectivity index (χ0n) is 9.76. The van der Waals surface area contributed by atoms with Crippen LogP contribution in [0.2, 0.25) is 0 Å². The predicted molar refractivity (Wildman–Crippen MR) is 57.6 cm³/mol. The van der Waals surface area contributed by atoms with Crippen LogP contribution in [0.25, 0.3) is 0 Å². The van der Waals surface area contributed by atoms with Gasteiger partial charge in [0.2, 0.25) is 5.91 Å². The molecule has 0 saturated heterocycles. The Hall–Kier alpha value is -1.10. The highest BCUT2D eigenvalue weighted by Gasteiger charge is 2.29. The van der Waals surface area contributed by atoms with Gasteiger partial charge in [0.05, 0.1) is 5.54 Å². The molecule has 0 heterocycles. The molecule has 0 aromatic heterocycles. The van der Waals surface area contributed by atoms with Gasteiger partial charge in [-0.05, 0) is 26.8 Å². The van der Waals surface area contributed by atoms with Gasteiger partial charge in [0, 0.05) is 0 Å². The van der Waals surface area contributed by atoms with Gasteiger partial charge in [-0.2, -0.15) is 0 Å². The summed E-state index contributed by atoms with van der Waals surface area (Å²) in [6.07, 6.45) is 0.378. The third-order valence-electron chi connectivity index (χ3n) is 2.20. The Bertz CT molecular complexity index is 239. The summed E-state index contributed by atoms with van der Waals surface area (Å²) in [6.45, 7) is 7.72. The van der Waals surface area contributed by atoms with Gasteiger partial charge in [0.1, 0.15) is 6.04 Å². The maximum Gasteiger partial charge on any atom is 0.326 e. The Morgan fingerprint density at radius 3 is 2.20 bits per heavy atom. The summed E-state index contributed by atoms with van der Waals surface area (Å²) < 4.78 is 0. The van der Waals surface area contributed by atoms with E-state index in [1.54, 1.807) is 20.8 Å². The average Bonchev–Trinajstić information content (AvgIpc) is 2.12. The molecule has 1 amide bonds. The van der Waals surface area contributed by atoms with Crippen LogP contribution in [-0.2, 0) is 9.59 Å². The van der Waals surface area contributed by atoms with Crippen LogP contribution < -0.4 is 10.6 Å². The first-order valence-electron chi connectivity index (χ1n) is 5.14. The maximum atomic E-state index is 11.7. The Morgan fingerprint density at radius 2 is 1.87 bits per heavy atom. The van der Waals surface area contributed by atoms with Crippen molar-refractivity contribution in [1.82, 2.24) is 10.6 Å². The highest BCUT2D eigenvalue weighted by Crippen LogP contribution is 2.03. The van der Waals surface area contributed by atoms with Gasteiger partial charge in [-0.25, -0.2) is 4.79 Å². The van der Waals surface area contributed by atoms with Gasteiger partial charge in [-0.1, -0.05) is 13.8 Å². The minimum atomic E-state index is -1.00. The fourth-order valence-corrected chi connectivity index (χ4v) is 1.20. The second-order valence-electron chi connectivity index (χ2n) is 3.93. The van der Waals surface area contributed by atoms with Crippen molar-refractivity contribution in [3.63, 3.8) is 0 Å². The van der Waals surface area contributed by atoms with E-state index in [-0.39, 0.29) is 5.91 Å². The molecule has 0 fully saturated rings. The number of amides is 1. The zero-order valence-corrected chi connectivity index (χ0v) is 9.76. The molecule has 0 aromatic carbocycles. The highest BCUT2D eigenvalue weighted by atomic mass is 16.4. The molecule has 15 heavy (non-hydrogen) atoms. The van der Waals surface area contributed by atoms with Gasteiger partial charge in [0.15, 0.2) is 0 Å². The van der Waals surface area contributed by atoms with Crippen LogP contribution in [0.3, 0.4) is 0 Å². The molecule has 0 aliphatic carbocycles. The van der Waals surface area contributed by atoms with Gasteiger partial charge < -0.3 is 15.7 Å². The largest absolute Gasteiger partial charge is 0.480 e. The molecule has 5 nitrogen and oxygen atoms in total. The van der Waals surface area contributed by atoms with Crippen molar-refractivity contribution in [2.24, 2.45) is 0 Å². The van der Waals surface area contributed by atoms with Gasteiger partial charge in [-0.3, -0.25) is 4.79 Å². The lowest BCUT2D eigenvalue weighted by atomic mass is 10.0. The van der Waals surface area contributed by atoms with E-state index in [1.165, 1.54) is 0 Å². The number of hydrogen-bond donors (Lipinski definition) is 3. The maximum absolute atomic E-state index is 11.7. The Balaban J connectivity index is 4.40. The van der Waals surface area contributed by atoms with Crippen molar-refractivity contribution in [1.29, 1.82) is 0 Å². The molecule has 0 aliphatic heterocycles. The van der Waals surface area contributed by atoms with Crippen molar-refractivity contribution >= 4 is 11.9 Å². The van der Waals surface area contributed by atoms with Crippen LogP contribution in [0.4, 0.5) is 0 Å². The van der Waals surface area contributed by atoms with Crippen LogP contribution >= 0.6 is 0 Å². The number of carbonyl (C=O) groups is 2. The molecule has 0 saturated carbocycles. The third kappa shape index (κ3) is 4.29. The number of carboxylic acid groups (broad SMARTS) is 1. The summed E-state index contributed by atoms with van der Waals surface area (Å²) in [5.41, 5.74) is -0.738. The van der Waals surface area contributed by atoms with Crippen molar-refractivity contribution < 1.29 is 14.7 Å². The van der Waals surface area contributed by atoms with Gasteiger partial charge >= 0.3 is 5.97 Å². The van der Waals surface area contributed by atoms with Gasteiger partial charge in [-0.15, -0.1) is 0 Å². The van der Waals surface area contributed by atoms with Crippen LogP contribution in [0.1, 0.15) is 34.1 Å². The standard InChI is InChI=1S/C10H20N2O3/c1-5-7(8(13)14)12-9(15)10(3,4)11-6-2/h7,11H,5-6H2,1-4H3,(H,12,15)(H,13,14). The first-order valence-corrected chi connectivity index (χ1v) is 5.14. The van der Waals surface area contributed by atoms with Crippen LogP contribution in [-0.4, -0.2) is 35.1 Å². The number of aliphatic carboxylic acids is 1.